The van der Waals surface area contributed by atoms with E-state index < -0.39 is 10.0 Å². The Morgan fingerprint density at radius 2 is 1.93 bits per heavy atom. The summed E-state index contributed by atoms with van der Waals surface area (Å²) < 4.78 is 27.4. The van der Waals surface area contributed by atoms with E-state index in [1.165, 1.54) is 6.07 Å². The first kappa shape index (κ1) is 11.7. The molecule has 0 bridgehead atoms. The fourth-order valence-corrected chi connectivity index (χ4v) is 2.77. The summed E-state index contributed by atoms with van der Waals surface area (Å²) in [5.41, 5.74) is 1.59. The normalized spacial score (nSPS) is 11.4. The zero-order valence-electron chi connectivity index (χ0n) is 7.74. The molecule has 0 amide bonds. The maximum atomic E-state index is 11.2. The van der Waals surface area contributed by atoms with Crippen LogP contribution in [0.1, 0.15) is 11.1 Å². The summed E-state index contributed by atoms with van der Waals surface area (Å²) >= 11 is 1.64. The van der Waals surface area contributed by atoms with Crippen LogP contribution in [0.3, 0.4) is 0 Å². The smallest absolute Gasteiger partial charge is 0.241 e. The third-order valence-electron chi connectivity index (χ3n) is 1.77. The molecule has 0 radical (unpaired) electrons. The third-order valence-corrected chi connectivity index (χ3v) is 3.13. The highest BCUT2D eigenvalue weighted by molar-refractivity contribution is 14.1. The lowest BCUT2D eigenvalue weighted by Gasteiger charge is -2.09. The Kier molecular flexibility index (Phi) is 3.38. The Morgan fingerprint density at radius 3 is 2.36 bits per heavy atom. The Bertz CT molecular complexity index is 456. The number of benzene rings is 1. The first-order valence-electron chi connectivity index (χ1n) is 3.79. The molecule has 0 aliphatic heterocycles. The molecule has 0 aliphatic carbocycles. The quantitative estimate of drug-likeness (QED) is 0.840. The summed E-state index contributed by atoms with van der Waals surface area (Å²) in [5, 5.41) is 5.06. The SMILES string of the molecule is Cc1cc(C)c(OI)c(S(N)(=O)=O)c1. The molecule has 0 aromatic heterocycles. The second-order valence-electron chi connectivity index (χ2n) is 3.03. The van der Waals surface area contributed by atoms with E-state index in [2.05, 4.69) is 0 Å². The van der Waals surface area contributed by atoms with Crippen LogP contribution < -0.4 is 8.21 Å². The van der Waals surface area contributed by atoms with Crippen molar-refractivity contribution >= 4 is 33.0 Å². The van der Waals surface area contributed by atoms with Gasteiger partial charge in [-0.25, -0.2) is 13.6 Å². The summed E-state index contributed by atoms with van der Waals surface area (Å²) in [7, 11) is -3.72. The number of hydrogen-bond acceptors (Lipinski definition) is 3. The van der Waals surface area contributed by atoms with Gasteiger partial charge in [0.05, 0.1) is 0 Å². The van der Waals surface area contributed by atoms with Crippen molar-refractivity contribution in [2.24, 2.45) is 5.14 Å². The number of nitrogens with two attached hydrogens (primary N) is 1. The topological polar surface area (TPSA) is 69.4 Å². The Hall–Kier alpha value is -0.340. The van der Waals surface area contributed by atoms with E-state index in [1.54, 1.807) is 36.9 Å². The van der Waals surface area contributed by atoms with Crippen molar-refractivity contribution in [2.45, 2.75) is 18.7 Å². The molecule has 0 heterocycles. The molecule has 1 aromatic rings. The average molecular weight is 327 g/mol. The lowest BCUT2D eigenvalue weighted by atomic mass is 10.1. The van der Waals surface area contributed by atoms with Crippen LogP contribution in [0.5, 0.6) is 5.75 Å². The molecule has 1 aromatic carbocycles. The van der Waals surface area contributed by atoms with Gasteiger partial charge in [-0.05, 0) is 31.0 Å². The average Bonchev–Trinajstić information content (AvgIpc) is 2.01. The molecule has 0 saturated carbocycles. The minimum atomic E-state index is -3.72. The molecule has 0 unspecified atom stereocenters. The van der Waals surface area contributed by atoms with Gasteiger partial charge in [-0.1, -0.05) is 6.07 Å². The van der Waals surface area contributed by atoms with Crippen molar-refractivity contribution < 1.29 is 11.5 Å². The Balaban J connectivity index is 3.56. The van der Waals surface area contributed by atoms with E-state index in [1.807, 2.05) is 6.07 Å². The third kappa shape index (κ3) is 2.37. The van der Waals surface area contributed by atoms with Crippen molar-refractivity contribution in [1.29, 1.82) is 0 Å². The maximum Gasteiger partial charge on any atom is 0.241 e. The van der Waals surface area contributed by atoms with E-state index in [4.69, 9.17) is 8.21 Å². The van der Waals surface area contributed by atoms with Crippen LogP contribution in [-0.2, 0) is 10.0 Å². The fraction of sp³-hybridized carbons (Fsp3) is 0.250. The van der Waals surface area contributed by atoms with Crippen LogP contribution in [0.2, 0.25) is 0 Å². The summed E-state index contributed by atoms with van der Waals surface area (Å²) in [6, 6.07) is 3.33. The molecule has 2 N–H and O–H groups in total. The summed E-state index contributed by atoms with van der Waals surface area (Å²) in [6.45, 7) is 3.58. The monoisotopic (exact) mass is 327 g/mol. The zero-order valence-corrected chi connectivity index (χ0v) is 10.7. The molecular weight excluding hydrogens is 317 g/mol. The van der Waals surface area contributed by atoms with Crippen molar-refractivity contribution in [3.63, 3.8) is 0 Å². The van der Waals surface area contributed by atoms with Gasteiger partial charge in [0.25, 0.3) is 0 Å². The molecule has 78 valence electrons. The van der Waals surface area contributed by atoms with Crippen molar-refractivity contribution in [3.8, 4) is 5.75 Å². The van der Waals surface area contributed by atoms with E-state index in [9.17, 15) is 8.42 Å². The Morgan fingerprint density at radius 1 is 1.36 bits per heavy atom. The summed E-state index contributed by atoms with van der Waals surface area (Å²) in [5.74, 6) is 0.304. The number of rotatable bonds is 2. The van der Waals surface area contributed by atoms with Gasteiger partial charge in [-0.3, -0.25) is 0 Å². The molecule has 1 rings (SSSR count). The molecule has 0 fully saturated rings. The van der Waals surface area contributed by atoms with Gasteiger partial charge in [-0.2, -0.15) is 0 Å². The Labute approximate surface area is 97.2 Å². The number of hydrogen-bond donors (Lipinski definition) is 1. The molecule has 14 heavy (non-hydrogen) atoms. The highest BCUT2D eigenvalue weighted by Crippen LogP contribution is 2.29. The van der Waals surface area contributed by atoms with Crippen LogP contribution >= 0.6 is 23.0 Å². The second kappa shape index (κ2) is 4.03. The van der Waals surface area contributed by atoms with Crippen molar-refractivity contribution in [1.82, 2.24) is 0 Å². The lowest BCUT2D eigenvalue weighted by molar-refractivity contribution is 0.591. The van der Waals surface area contributed by atoms with E-state index in [0.29, 0.717) is 5.75 Å². The second-order valence-corrected chi connectivity index (χ2v) is 5.00. The predicted molar refractivity (Wildman–Crippen MR) is 61.9 cm³/mol. The number of sulfonamides is 1. The molecule has 4 nitrogen and oxygen atoms in total. The number of aryl methyl sites for hydroxylation is 2. The highest BCUT2D eigenvalue weighted by Gasteiger charge is 2.17. The van der Waals surface area contributed by atoms with E-state index >= 15 is 0 Å². The maximum absolute atomic E-state index is 11.2. The van der Waals surface area contributed by atoms with Gasteiger partial charge in [0, 0.05) is 0 Å². The largest absolute Gasteiger partial charge is 0.426 e. The number of primary sulfonamides is 1. The first-order valence-corrected chi connectivity index (χ1v) is 6.21. The van der Waals surface area contributed by atoms with Crippen LogP contribution in [0, 0.1) is 13.8 Å². The van der Waals surface area contributed by atoms with E-state index in [0.717, 1.165) is 11.1 Å². The van der Waals surface area contributed by atoms with Gasteiger partial charge in [0.2, 0.25) is 10.0 Å². The standard InChI is InChI=1S/C8H10INO3S/c1-5-3-6(2)8(13-9)7(4-5)14(10,11)12/h3-4H,1-2H3,(H2,10,11,12). The first-order chi connectivity index (χ1) is 6.36. The molecule has 0 atom stereocenters. The lowest BCUT2D eigenvalue weighted by Crippen LogP contribution is -2.13. The van der Waals surface area contributed by atoms with Crippen molar-refractivity contribution in [3.05, 3.63) is 23.3 Å². The van der Waals surface area contributed by atoms with Crippen LogP contribution in [0.25, 0.3) is 0 Å². The summed E-state index contributed by atoms with van der Waals surface area (Å²) in [6.07, 6.45) is 0. The fourth-order valence-electron chi connectivity index (χ4n) is 1.23. The van der Waals surface area contributed by atoms with Crippen molar-refractivity contribution in [2.75, 3.05) is 0 Å². The minimum Gasteiger partial charge on any atom is -0.426 e. The van der Waals surface area contributed by atoms with Crippen LogP contribution in [0.4, 0.5) is 0 Å². The van der Waals surface area contributed by atoms with Gasteiger partial charge in [0.15, 0.2) is 28.8 Å². The molecule has 6 heteroatoms. The predicted octanol–water partition coefficient (Wildman–Crippen LogP) is 1.68. The molecule has 0 spiro atoms. The molecular formula is C8H10INO3S. The molecule has 0 aliphatic rings. The van der Waals surface area contributed by atoms with E-state index in [-0.39, 0.29) is 4.90 Å². The summed E-state index contributed by atoms with van der Waals surface area (Å²) in [4.78, 5) is 0.0319. The highest BCUT2D eigenvalue weighted by atomic mass is 127. The van der Waals surface area contributed by atoms with Crippen LogP contribution in [0.15, 0.2) is 17.0 Å². The zero-order chi connectivity index (χ0) is 10.9. The minimum absolute atomic E-state index is 0.0319. The van der Waals surface area contributed by atoms with Gasteiger partial charge in [-0.15, -0.1) is 0 Å². The molecule has 0 saturated heterocycles. The van der Waals surface area contributed by atoms with Gasteiger partial charge in [0.1, 0.15) is 4.90 Å². The van der Waals surface area contributed by atoms with Gasteiger partial charge < -0.3 is 3.07 Å². The van der Waals surface area contributed by atoms with Gasteiger partial charge >= 0.3 is 0 Å². The number of halogens is 1. The van der Waals surface area contributed by atoms with Crippen LogP contribution in [-0.4, -0.2) is 8.42 Å².